The van der Waals surface area contributed by atoms with Crippen LogP contribution in [-0.2, 0) is 14.1 Å². The second-order valence-electron chi connectivity index (χ2n) is 2.09. The van der Waals surface area contributed by atoms with Gasteiger partial charge in [-0.15, -0.1) is 0 Å². The summed E-state index contributed by atoms with van der Waals surface area (Å²) in [5.41, 5.74) is 0.123. The third kappa shape index (κ3) is 1.00. The second kappa shape index (κ2) is 2.13. The topological polar surface area (TPSA) is 46.1 Å². The molecule has 10 heavy (non-hydrogen) atoms. The highest BCUT2D eigenvalue weighted by atomic mass is 16.4. The van der Waals surface area contributed by atoms with Crippen LogP contribution in [0.5, 0.6) is 0 Å². The zero-order valence-electron chi connectivity index (χ0n) is 6.83. The molecule has 0 aliphatic carbocycles. The van der Waals surface area contributed by atoms with E-state index in [1.54, 1.807) is 14.1 Å². The molecule has 0 amide bonds. The van der Waals surface area contributed by atoms with Crippen molar-refractivity contribution >= 4 is 5.97 Å². The number of aromatic nitrogens is 2. The molecule has 1 aromatic heterocycles. The number of hydrogen-bond donors (Lipinski definition) is 1. The molecule has 0 saturated heterocycles. The standard InChI is InChI=1S/C6H8N2O2/c1-7-3-5(6(9)10)8(2)4-7/h3-4H,1-2H3/p+1/i4D. The number of nitrogens with zero attached hydrogens (tertiary/aromatic N) is 2. The van der Waals surface area contributed by atoms with Crippen LogP contribution in [0, 0.1) is 0 Å². The minimum atomic E-state index is -1.01. The molecule has 0 spiro atoms. The van der Waals surface area contributed by atoms with Crippen molar-refractivity contribution < 1.29 is 15.8 Å². The molecule has 4 heteroatoms. The normalized spacial score (nSPS) is 11.2. The zero-order chi connectivity index (χ0) is 8.59. The second-order valence-corrected chi connectivity index (χ2v) is 2.09. The molecule has 0 unspecified atom stereocenters. The summed E-state index contributed by atoms with van der Waals surface area (Å²) < 4.78 is 10.1. The van der Waals surface area contributed by atoms with Crippen LogP contribution < -0.4 is 4.57 Å². The number of carboxylic acids is 1. The van der Waals surface area contributed by atoms with E-state index in [9.17, 15) is 4.79 Å². The van der Waals surface area contributed by atoms with Crippen LogP contribution in [0.2, 0.25) is 0 Å². The van der Waals surface area contributed by atoms with Crippen molar-refractivity contribution in [3.05, 3.63) is 18.2 Å². The molecule has 0 atom stereocenters. The largest absolute Gasteiger partial charge is 0.475 e. The van der Waals surface area contributed by atoms with Gasteiger partial charge in [0.15, 0.2) is 1.37 Å². The Hall–Kier alpha value is -1.32. The van der Waals surface area contributed by atoms with E-state index in [-0.39, 0.29) is 12.0 Å². The van der Waals surface area contributed by atoms with Gasteiger partial charge in [0.2, 0.25) is 6.30 Å². The number of aryl methyl sites for hydroxylation is 1. The molecule has 54 valence electrons. The first-order chi connectivity index (χ1) is 5.04. The minimum Gasteiger partial charge on any atom is -0.475 e. The van der Waals surface area contributed by atoms with Gasteiger partial charge in [-0.1, -0.05) is 0 Å². The summed E-state index contributed by atoms with van der Waals surface area (Å²) in [5.74, 6) is -1.01. The Morgan fingerprint density at radius 1 is 2.00 bits per heavy atom. The SMILES string of the molecule is [2H]c1n(C)cc(C(=O)O)[n+]1C. The van der Waals surface area contributed by atoms with Gasteiger partial charge in [0.1, 0.15) is 6.20 Å². The molecule has 1 heterocycles. The van der Waals surface area contributed by atoms with Gasteiger partial charge in [0.05, 0.1) is 14.1 Å². The van der Waals surface area contributed by atoms with E-state index in [1.807, 2.05) is 0 Å². The molecule has 0 saturated carbocycles. The van der Waals surface area contributed by atoms with Crippen molar-refractivity contribution in [2.24, 2.45) is 14.1 Å². The van der Waals surface area contributed by atoms with Gasteiger partial charge in [-0.2, -0.15) is 0 Å². The molecular formula is C6H9N2O2+. The molecule has 0 radical (unpaired) electrons. The summed E-state index contributed by atoms with van der Waals surface area (Å²) in [5, 5.41) is 8.59. The van der Waals surface area contributed by atoms with Crippen molar-refractivity contribution in [3.63, 3.8) is 0 Å². The van der Waals surface area contributed by atoms with Crippen LogP contribution in [0.15, 0.2) is 12.5 Å². The fourth-order valence-electron chi connectivity index (χ4n) is 0.788. The van der Waals surface area contributed by atoms with E-state index in [2.05, 4.69) is 0 Å². The van der Waals surface area contributed by atoms with Crippen LogP contribution in [0.4, 0.5) is 0 Å². The number of rotatable bonds is 1. The Morgan fingerprint density at radius 2 is 2.60 bits per heavy atom. The molecule has 0 bridgehead atoms. The number of imidazole rings is 1. The van der Waals surface area contributed by atoms with Crippen molar-refractivity contribution in [1.82, 2.24) is 4.57 Å². The summed E-state index contributed by atoms with van der Waals surface area (Å²) in [4.78, 5) is 10.5. The Balaban J connectivity index is 3.29. The fourth-order valence-corrected chi connectivity index (χ4v) is 0.788. The van der Waals surface area contributed by atoms with Crippen molar-refractivity contribution in [3.8, 4) is 0 Å². The van der Waals surface area contributed by atoms with Gasteiger partial charge in [-0.3, -0.25) is 0 Å². The quantitative estimate of drug-likeness (QED) is 0.540. The van der Waals surface area contributed by atoms with Crippen molar-refractivity contribution in [2.45, 2.75) is 0 Å². The van der Waals surface area contributed by atoms with Crippen molar-refractivity contribution in [2.75, 3.05) is 0 Å². The van der Waals surface area contributed by atoms with Gasteiger partial charge < -0.3 is 5.11 Å². The first-order valence-electron chi connectivity index (χ1n) is 3.29. The minimum absolute atomic E-state index is 0.123. The van der Waals surface area contributed by atoms with Gasteiger partial charge >= 0.3 is 5.97 Å². The lowest BCUT2D eigenvalue weighted by Gasteiger charge is -1.83. The van der Waals surface area contributed by atoms with Gasteiger partial charge in [0.25, 0.3) is 5.69 Å². The van der Waals surface area contributed by atoms with Gasteiger partial charge in [0, 0.05) is 0 Å². The molecule has 1 rings (SSSR count). The maximum absolute atomic E-state index is 10.5. The summed E-state index contributed by atoms with van der Waals surface area (Å²) in [6.07, 6.45) is 1.58. The summed E-state index contributed by atoms with van der Waals surface area (Å²) in [6, 6.07) is 0. The maximum atomic E-state index is 10.5. The predicted octanol–water partition coefficient (Wildman–Crippen LogP) is -0.452. The molecule has 1 aromatic rings. The average molecular weight is 142 g/mol. The van der Waals surface area contributed by atoms with E-state index >= 15 is 0 Å². The zero-order valence-corrected chi connectivity index (χ0v) is 5.83. The molecule has 0 aliphatic heterocycles. The van der Waals surface area contributed by atoms with Gasteiger partial charge in [-0.25, -0.2) is 13.9 Å². The Bertz CT molecular complexity index is 306. The molecular weight excluding hydrogens is 132 g/mol. The third-order valence-corrected chi connectivity index (χ3v) is 1.20. The molecule has 0 aliphatic rings. The van der Waals surface area contributed by atoms with E-state index in [0.29, 0.717) is 0 Å². The molecule has 0 aromatic carbocycles. The Morgan fingerprint density at radius 3 is 2.80 bits per heavy atom. The predicted molar refractivity (Wildman–Crippen MR) is 33.5 cm³/mol. The molecule has 1 N–H and O–H groups in total. The summed E-state index contributed by atoms with van der Waals surface area (Å²) in [6.45, 7) is 0. The summed E-state index contributed by atoms with van der Waals surface area (Å²) >= 11 is 0. The Kier molecular flexibility index (Phi) is 1.16. The maximum Gasteiger partial charge on any atom is 0.379 e. The number of carboxylic acid groups (broad SMARTS) is 1. The van der Waals surface area contributed by atoms with Crippen LogP contribution in [0.3, 0.4) is 0 Å². The fraction of sp³-hybridized carbons (Fsp3) is 0.333. The van der Waals surface area contributed by atoms with E-state index < -0.39 is 5.97 Å². The molecule has 0 fully saturated rings. The number of hydrogen-bond acceptors (Lipinski definition) is 1. The monoisotopic (exact) mass is 142 g/mol. The Labute approximate surface area is 59.7 Å². The van der Waals surface area contributed by atoms with Gasteiger partial charge in [-0.05, 0) is 0 Å². The van der Waals surface area contributed by atoms with Crippen LogP contribution in [0.1, 0.15) is 11.9 Å². The highest BCUT2D eigenvalue weighted by molar-refractivity contribution is 5.83. The smallest absolute Gasteiger partial charge is 0.379 e. The first kappa shape index (κ1) is 5.46. The highest BCUT2D eigenvalue weighted by Crippen LogP contribution is 1.88. The van der Waals surface area contributed by atoms with Crippen LogP contribution >= 0.6 is 0 Å². The van der Waals surface area contributed by atoms with Crippen LogP contribution in [0.25, 0.3) is 0 Å². The number of aromatic carboxylic acids is 1. The van der Waals surface area contributed by atoms with E-state index in [1.165, 1.54) is 15.3 Å². The summed E-state index contributed by atoms with van der Waals surface area (Å²) in [7, 11) is 3.18. The lowest BCUT2D eigenvalue weighted by Crippen LogP contribution is -2.32. The van der Waals surface area contributed by atoms with E-state index in [0.717, 1.165) is 0 Å². The lowest BCUT2D eigenvalue weighted by atomic mass is 10.5. The molecule has 4 nitrogen and oxygen atoms in total. The first-order valence-corrected chi connectivity index (χ1v) is 2.79. The lowest BCUT2D eigenvalue weighted by molar-refractivity contribution is -0.673. The van der Waals surface area contributed by atoms with Crippen molar-refractivity contribution in [1.29, 1.82) is 0 Å². The highest BCUT2D eigenvalue weighted by Gasteiger charge is 2.14. The average Bonchev–Trinajstić information content (AvgIpc) is 2.17. The van der Waals surface area contributed by atoms with E-state index in [4.69, 9.17) is 6.48 Å². The number of carbonyl (C=O) groups is 1. The van der Waals surface area contributed by atoms with Crippen LogP contribution in [-0.4, -0.2) is 15.6 Å². The third-order valence-electron chi connectivity index (χ3n) is 1.20.